The first-order chi connectivity index (χ1) is 17.1. The second kappa shape index (κ2) is 9.82. The van der Waals surface area contributed by atoms with Crippen LogP contribution in [0.2, 0.25) is 0 Å². The number of hydrogen-bond acceptors (Lipinski definition) is 4. The van der Waals surface area contributed by atoms with Gasteiger partial charge in [-0.3, -0.25) is 19.0 Å². The summed E-state index contributed by atoms with van der Waals surface area (Å²) in [6.07, 6.45) is 0. The largest absolute Gasteiger partial charge is 0.337 e. The van der Waals surface area contributed by atoms with E-state index in [1.165, 1.54) is 46.0 Å². The number of aromatic nitrogens is 2. The molecule has 1 N–H and O–H groups in total. The number of nitrogens with one attached hydrogen (secondary N) is 1. The zero-order chi connectivity index (χ0) is 26.0. The number of para-hydroxylation sites is 1. The van der Waals surface area contributed by atoms with Gasteiger partial charge < -0.3 is 4.90 Å². The molecule has 4 rings (SSSR count). The summed E-state index contributed by atoms with van der Waals surface area (Å²) in [4.78, 5) is 27.2. The topological polar surface area (TPSA) is 93.4 Å². The maximum absolute atomic E-state index is 13.1. The third-order valence-corrected chi connectivity index (χ3v) is 7.25. The second-order valence-electron chi connectivity index (χ2n) is 8.35. The van der Waals surface area contributed by atoms with Crippen LogP contribution >= 0.6 is 0 Å². The van der Waals surface area contributed by atoms with Crippen molar-refractivity contribution in [2.24, 2.45) is 7.05 Å². The van der Waals surface area contributed by atoms with Crippen molar-refractivity contribution in [3.63, 3.8) is 0 Å². The minimum atomic E-state index is -4.10. The van der Waals surface area contributed by atoms with Gasteiger partial charge in [-0.1, -0.05) is 30.3 Å². The first-order valence-electron chi connectivity index (χ1n) is 11.1. The molecule has 0 saturated carbocycles. The molecule has 0 atom stereocenters. The Morgan fingerprint density at radius 3 is 2.19 bits per heavy atom. The SMILES string of the molecule is Cc1c(NS(=O)(=O)c2ccc(C(=O)N(C)Cc3ccc(F)cc3)cc2)c(=O)n(-c2ccccc2)n1C. The van der Waals surface area contributed by atoms with Gasteiger partial charge in [0.25, 0.3) is 21.5 Å². The number of sulfonamides is 1. The molecule has 1 amide bonds. The molecule has 3 aromatic carbocycles. The summed E-state index contributed by atoms with van der Waals surface area (Å²) < 4.78 is 44.6. The lowest BCUT2D eigenvalue weighted by Crippen LogP contribution is -2.26. The monoisotopic (exact) mass is 508 g/mol. The van der Waals surface area contributed by atoms with Crippen LogP contribution in [0.15, 0.2) is 88.6 Å². The van der Waals surface area contributed by atoms with E-state index < -0.39 is 15.6 Å². The van der Waals surface area contributed by atoms with Crippen molar-refractivity contribution in [1.82, 2.24) is 14.3 Å². The smallest absolute Gasteiger partial charge is 0.296 e. The minimum Gasteiger partial charge on any atom is -0.337 e. The Hall–Kier alpha value is -4.18. The van der Waals surface area contributed by atoms with Crippen LogP contribution in [0.3, 0.4) is 0 Å². The summed E-state index contributed by atoms with van der Waals surface area (Å²) in [5.41, 5.74) is 1.54. The van der Waals surface area contributed by atoms with Crippen LogP contribution in [0.4, 0.5) is 10.1 Å². The van der Waals surface area contributed by atoms with Crippen molar-refractivity contribution in [3.8, 4) is 5.69 Å². The molecule has 0 aliphatic heterocycles. The van der Waals surface area contributed by atoms with Crippen LogP contribution in [0.1, 0.15) is 21.6 Å². The number of amides is 1. The van der Waals surface area contributed by atoms with Gasteiger partial charge >= 0.3 is 0 Å². The quantitative estimate of drug-likeness (QED) is 0.412. The summed E-state index contributed by atoms with van der Waals surface area (Å²) in [6, 6.07) is 20.2. The van der Waals surface area contributed by atoms with Gasteiger partial charge in [-0.2, -0.15) is 0 Å². The molecule has 0 spiro atoms. The number of hydrogen-bond donors (Lipinski definition) is 1. The average Bonchev–Trinajstić information content (AvgIpc) is 3.08. The Labute approximate surface area is 208 Å². The lowest BCUT2D eigenvalue weighted by molar-refractivity contribution is 0.0785. The molecule has 0 aliphatic rings. The van der Waals surface area contributed by atoms with Gasteiger partial charge in [-0.05, 0) is 61.0 Å². The number of carbonyl (C=O) groups is 1. The predicted octanol–water partition coefficient (Wildman–Crippen LogP) is 3.70. The number of rotatable bonds is 7. The van der Waals surface area contributed by atoms with Gasteiger partial charge in [0.15, 0.2) is 0 Å². The number of benzene rings is 3. The molecule has 0 saturated heterocycles. The standard InChI is InChI=1S/C26H25FN4O4S/c1-18-24(26(33)31(30(18)3)22-7-5-4-6-8-22)28-36(34,35)23-15-11-20(12-16-23)25(32)29(2)17-19-9-13-21(27)14-10-19/h4-16,28H,17H2,1-3H3. The first-order valence-corrected chi connectivity index (χ1v) is 12.5. The summed E-state index contributed by atoms with van der Waals surface area (Å²) in [6.45, 7) is 1.92. The van der Waals surface area contributed by atoms with E-state index in [9.17, 15) is 22.4 Å². The molecule has 4 aromatic rings. The van der Waals surface area contributed by atoms with Gasteiger partial charge in [0.2, 0.25) is 0 Å². The summed E-state index contributed by atoms with van der Waals surface area (Å²) in [7, 11) is -0.820. The Bertz CT molecular complexity index is 1560. The van der Waals surface area contributed by atoms with E-state index in [-0.39, 0.29) is 28.9 Å². The normalized spacial score (nSPS) is 11.3. The maximum atomic E-state index is 13.1. The van der Waals surface area contributed by atoms with E-state index in [2.05, 4.69) is 4.72 Å². The molecular weight excluding hydrogens is 483 g/mol. The third kappa shape index (κ3) is 4.94. The van der Waals surface area contributed by atoms with Crippen LogP contribution < -0.4 is 10.3 Å². The molecule has 0 radical (unpaired) electrons. The van der Waals surface area contributed by atoms with Gasteiger partial charge in [0, 0.05) is 26.2 Å². The maximum Gasteiger partial charge on any atom is 0.296 e. The van der Waals surface area contributed by atoms with E-state index in [1.54, 1.807) is 62.1 Å². The van der Waals surface area contributed by atoms with Crippen LogP contribution in [0, 0.1) is 12.7 Å². The molecule has 0 unspecified atom stereocenters. The number of anilines is 1. The molecule has 0 fully saturated rings. The molecule has 36 heavy (non-hydrogen) atoms. The fourth-order valence-electron chi connectivity index (χ4n) is 3.81. The zero-order valence-electron chi connectivity index (χ0n) is 20.0. The van der Waals surface area contributed by atoms with E-state index >= 15 is 0 Å². The second-order valence-corrected chi connectivity index (χ2v) is 10.0. The highest BCUT2D eigenvalue weighted by atomic mass is 32.2. The third-order valence-electron chi connectivity index (χ3n) is 5.88. The highest BCUT2D eigenvalue weighted by Crippen LogP contribution is 2.20. The molecule has 0 bridgehead atoms. The zero-order valence-corrected chi connectivity index (χ0v) is 20.8. The number of halogens is 1. The Kier molecular flexibility index (Phi) is 6.80. The lowest BCUT2D eigenvalue weighted by Gasteiger charge is -2.17. The van der Waals surface area contributed by atoms with Crippen molar-refractivity contribution in [2.75, 3.05) is 11.8 Å². The minimum absolute atomic E-state index is 0.0551. The summed E-state index contributed by atoms with van der Waals surface area (Å²) >= 11 is 0. The first kappa shape index (κ1) is 24.9. The van der Waals surface area contributed by atoms with Crippen molar-refractivity contribution in [2.45, 2.75) is 18.4 Å². The molecule has 1 heterocycles. The molecular formula is C26H25FN4O4S. The molecule has 8 nitrogen and oxygen atoms in total. The molecule has 10 heteroatoms. The van der Waals surface area contributed by atoms with Crippen molar-refractivity contribution >= 4 is 21.6 Å². The van der Waals surface area contributed by atoms with Crippen LogP contribution in [0.5, 0.6) is 0 Å². The molecule has 1 aromatic heterocycles. The van der Waals surface area contributed by atoms with Crippen LogP contribution in [-0.4, -0.2) is 35.6 Å². The van der Waals surface area contributed by atoms with E-state index in [4.69, 9.17) is 0 Å². The van der Waals surface area contributed by atoms with Crippen molar-refractivity contribution < 1.29 is 17.6 Å². The van der Waals surface area contributed by atoms with Crippen LogP contribution in [0.25, 0.3) is 5.69 Å². The van der Waals surface area contributed by atoms with Gasteiger partial charge in [0.1, 0.15) is 11.5 Å². The van der Waals surface area contributed by atoms with Gasteiger partial charge in [-0.15, -0.1) is 0 Å². The number of carbonyl (C=O) groups excluding carboxylic acids is 1. The van der Waals surface area contributed by atoms with E-state index in [0.717, 1.165) is 5.56 Å². The van der Waals surface area contributed by atoms with E-state index in [0.29, 0.717) is 16.9 Å². The fraction of sp³-hybridized carbons (Fsp3) is 0.154. The highest BCUT2D eigenvalue weighted by Gasteiger charge is 2.23. The number of nitrogens with zero attached hydrogens (tertiary/aromatic N) is 3. The average molecular weight is 509 g/mol. The lowest BCUT2D eigenvalue weighted by atomic mass is 10.1. The van der Waals surface area contributed by atoms with Gasteiger partial charge in [-0.25, -0.2) is 17.5 Å². The Morgan fingerprint density at radius 2 is 1.58 bits per heavy atom. The fourth-order valence-corrected chi connectivity index (χ4v) is 4.93. The van der Waals surface area contributed by atoms with E-state index in [1.807, 2.05) is 6.07 Å². The van der Waals surface area contributed by atoms with Crippen LogP contribution in [-0.2, 0) is 23.6 Å². The summed E-state index contributed by atoms with van der Waals surface area (Å²) in [5, 5.41) is 0. The molecule has 0 aliphatic carbocycles. The molecule has 186 valence electrons. The van der Waals surface area contributed by atoms with Crippen molar-refractivity contribution in [3.05, 3.63) is 112 Å². The van der Waals surface area contributed by atoms with Gasteiger partial charge in [0.05, 0.1) is 16.3 Å². The summed E-state index contributed by atoms with van der Waals surface area (Å²) in [5.74, 6) is -0.677. The highest BCUT2D eigenvalue weighted by molar-refractivity contribution is 7.92. The Morgan fingerprint density at radius 1 is 0.972 bits per heavy atom. The van der Waals surface area contributed by atoms with Crippen molar-refractivity contribution in [1.29, 1.82) is 0 Å². The predicted molar refractivity (Wildman–Crippen MR) is 135 cm³/mol. The Balaban J connectivity index is 1.54.